The van der Waals surface area contributed by atoms with Crippen LogP contribution in [-0.4, -0.2) is 28.3 Å². The summed E-state index contributed by atoms with van der Waals surface area (Å²) in [6.45, 7) is 0.0220. The highest BCUT2D eigenvalue weighted by atomic mass is 16.6. The van der Waals surface area contributed by atoms with Gasteiger partial charge in [-0.05, 0) is 11.6 Å². The Hall–Kier alpha value is -2.64. The van der Waals surface area contributed by atoms with Gasteiger partial charge in [0.15, 0.2) is 0 Å². The van der Waals surface area contributed by atoms with Crippen LogP contribution in [0.4, 0.5) is 16.2 Å². The van der Waals surface area contributed by atoms with Crippen LogP contribution in [0.15, 0.2) is 18.2 Å². The van der Waals surface area contributed by atoms with E-state index >= 15 is 0 Å². The zero-order valence-corrected chi connectivity index (χ0v) is 9.25. The molecule has 8 nitrogen and oxygen atoms in total. The smallest absolute Gasteiger partial charge is 0.324 e. The van der Waals surface area contributed by atoms with E-state index in [1.165, 1.54) is 18.2 Å². The fourth-order valence-corrected chi connectivity index (χ4v) is 1.67. The first-order valence-corrected chi connectivity index (χ1v) is 5.10. The number of amides is 3. The molecule has 18 heavy (non-hydrogen) atoms. The van der Waals surface area contributed by atoms with Gasteiger partial charge in [-0.25, -0.2) is 4.79 Å². The Morgan fingerprint density at radius 1 is 1.44 bits per heavy atom. The molecule has 8 heteroatoms. The number of nitrogen functional groups attached to an aromatic ring is 1. The minimum absolute atomic E-state index is 0.00422. The van der Waals surface area contributed by atoms with Crippen molar-refractivity contribution in [3.63, 3.8) is 0 Å². The molecule has 0 bridgehead atoms. The summed E-state index contributed by atoms with van der Waals surface area (Å²) in [5.41, 5.74) is 5.89. The van der Waals surface area contributed by atoms with Crippen LogP contribution in [0.1, 0.15) is 5.56 Å². The lowest BCUT2D eigenvalue weighted by atomic mass is 10.1. The molecule has 0 saturated carbocycles. The van der Waals surface area contributed by atoms with E-state index < -0.39 is 11.0 Å². The van der Waals surface area contributed by atoms with Crippen LogP contribution in [0.25, 0.3) is 0 Å². The average Bonchev–Trinajstić information content (AvgIpc) is 2.60. The highest BCUT2D eigenvalue weighted by Crippen LogP contribution is 2.23. The van der Waals surface area contributed by atoms with Crippen LogP contribution in [0.2, 0.25) is 0 Å². The van der Waals surface area contributed by atoms with Gasteiger partial charge in [0.1, 0.15) is 5.69 Å². The fourth-order valence-electron chi connectivity index (χ4n) is 1.67. The highest BCUT2D eigenvalue weighted by molar-refractivity contribution is 6.01. The molecule has 1 aromatic carbocycles. The van der Waals surface area contributed by atoms with Crippen LogP contribution < -0.4 is 11.1 Å². The Labute approximate surface area is 102 Å². The number of nitro benzene ring substituents is 1. The van der Waals surface area contributed by atoms with Gasteiger partial charge in [-0.1, -0.05) is 6.07 Å². The highest BCUT2D eigenvalue weighted by Gasteiger charge is 2.28. The van der Waals surface area contributed by atoms with Crippen molar-refractivity contribution in [3.05, 3.63) is 33.9 Å². The van der Waals surface area contributed by atoms with Crippen molar-refractivity contribution < 1.29 is 14.5 Å². The second-order valence-electron chi connectivity index (χ2n) is 3.79. The molecule has 2 rings (SSSR count). The Morgan fingerprint density at radius 2 is 2.17 bits per heavy atom. The summed E-state index contributed by atoms with van der Waals surface area (Å²) < 4.78 is 0. The predicted molar refractivity (Wildman–Crippen MR) is 61.5 cm³/mol. The Balaban J connectivity index is 2.20. The molecule has 94 valence electrons. The van der Waals surface area contributed by atoms with Crippen LogP contribution in [0.3, 0.4) is 0 Å². The van der Waals surface area contributed by atoms with Crippen molar-refractivity contribution in [1.82, 2.24) is 10.2 Å². The number of urea groups is 1. The molecule has 1 aromatic rings. The zero-order valence-electron chi connectivity index (χ0n) is 9.25. The average molecular weight is 250 g/mol. The number of benzene rings is 1. The number of carbonyl (C=O) groups is 2. The van der Waals surface area contributed by atoms with E-state index in [0.717, 1.165) is 4.90 Å². The molecule has 0 spiro atoms. The Bertz CT molecular complexity index is 527. The van der Waals surface area contributed by atoms with Crippen molar-refractivity contribution in [2.75, 3.05) is 12.3 Å². The molecule has 1 aliphatic heterocycles. The maximum atomic E-state index is 11.4. The van der Waals surface area contributed by atoms with Gasteiger partial charge in [-0.3, -0.25) is 19.8 Å². The molecule has 0 unspecified atom stereocenters. The van der Waals surface area contributed by atoms with Crippen molar-refractivity contribution in [2.24, 2.45) is 0 Å². The number of nitrogens with zero attached hydrogens (tertiary/aromatic N) is 2. The second kappa shape index (κ2) is 4.32. The molecule has 1 fully saturated rings. The van der Waals surface area contributed by atoms with Gasteiger partial charge in [0.25, 0.3) is 5.69 Å². The predicted octanol–water partition coefficient (Wildman–Crippen LogP) is 0.229. The third-order valence-electron chi connectivity index (χ3n) is 2.57. The molecule has 0 atom stereocenters. The van der Waals surface area contributed by atoms with Crippen LogP contribution >= 0.6 is 0 Å². The van der Waals surface area contributed by atoms with Gasteiger partial charge in [0.05, 0.1) is 18.0 Å². The minimum atomic E-state index is -0.590. The largest absolute Gasteiger partial charge is 0.393 e. The third-order valence-corrected chi connectivity index (χ3v) is 2.57. The standard InChI is InChI=1S/C10H10N4O4/c11-7-3-6(1-2-8(7)14(17)18)5-13-9(15)4-12-10(13)16/h1-3H,4-5,11H2,(H,12,16). The SMILES string of the molecule is Nc1cc(CN2C(=O)CNC2=O)ccc1[N+](=O)[O-]. The fraction of sp³-hybridized carbons (Fsp3) is 0.200. The third kappa shape index (κ3) is 2.08. The van der Waals surface area contributed by atoms with E-state index in [0.29, 0.717) is 5.56 Å². The lowest BCUT2D eigenvalue weighted by Crippen LogP contribution is -2.30. The summed E-state index contributed by atoms with van der Waals surface area (Å²) in [7, 11) is 0. The number of rotatable bonds is 3. The molecule has 1 saturated heterocycles. The normalized spacial score (nSPS) is 14.8. The maximum Gasteiger partial charge on any atom is 0.324 e. The van der Waals surface area contributed by atoms with E-state index in [-0.39, 0.29) is 30.4 Å². The summed E-state index contributed by atoms with van der Waals surface area (Å²) in [5.74, 6) is -0.336. The van der Waals surface area contributed by atoms with Gasteiger partial charge < -0.3 is 11.1 Å². The Morgan fingerprint density at radius 3 is 2.67 bits per heavy atom. The van der Waals surface area contributed by atoms with Crippen molar-refractivity contribution in [3.8, 4) is 0 Å². The molecule has 0 radical (unpaired) electrons. The number of imide groups is 1. The van der Waals surface area contributed by atoms with Gasteiger partial charge in [0, 0.05) is 6.07 Å². The van der Waals surface area contributed by atoms with Crippen LogP contribution in [0, 0.1) is 10.1 Å². The molecule has 3 amide bonds. The lowest BCUT2D eigenvalue weighted by molar-refractivity contribution is -0.383. The van der Waals surface area contributed by atoms with Crippen molar-refractivity contribution in [2.45, 2.75) is 6.54 Å². The van der Waals surface area contributed by atoms with Crippen molar-refractivity contribution >= 4 is 23.3 Å². The van der Waals surface area contributed by atoms with E-state index in [4.69, 9.17) is 5.73 Å². The number of nitrogens with two attached hydrogens (primary N) is 1. The number of carbonyl (C=O) groups excluding carboxylic acids is 2. The molecule has 1 aliphatic rings. The van der Waals surface area contributed by atoms with Gasteiger partial charge in [-0.2, -0.15) is 0 Å². The zero-order chi connectivity index (χ0) is 13.3. The first-order chi connectivity index (χ1) is 8.49. The first-order valence-electron chi connectivity index (χ1n) is 5.10. The molecular weight excluding hydrogens is 240 g/mol. The molecule has 3 N–H and O–H groups in total. The van der Waals surface area contributed by atoms with Crippen LogP contribution in [-0.2, 0) is 11.3 Å². The number of nitro groups is 1. The number of hydrogen-bond donors (Lipinski definition) is 2. The summed E-state index contributed by atoms with van der Waals surface area (Å²) in [6, 6.07) is 3.63. The molecule has 0 aromatic heterocycles. The van der Waals surface area contributed by atoms with E-state index in [1.807, 2.05) is 0 Å². The lowest BCUT2D eigenvalue weighted by Gasteiger charge is -2.12. The number of anilines is 1. The molecule has 0 aliphatic carbocycles. The second-order valence-corrected chi connectivity index (χ2v) is 3.79. The van der Waals surface area contributed by atoms with Gasteiger partial charge >= 0.3 is 6.03 Å². The number of nitrogens with one attached hydrogen (secondary N) is 1. The summed E-state index contributed by atoms with van der Waals surface area (Å²) >= 11 is 0. The minimum Gasteiger partial charge on any atom is -0.393 e. The topological polar surface area (TPSA) is 119 Å². The van der Waals surface area contributed by atoms with E-state index in [1.54, 1.807) is 0 Å². The summed E-state index contributed by atoms with van der Waals surface area (Å²) in [4.78, 5) is 33.7. The summed E-state index contributed by atoms with van der Waals surface area (Å²) in [5, 5.41) is 13.0. The maximum absolute atomic E-state index is 11.4. The van der Waals surface area contributed by atoms with E-state index in [9.17, 15) is 19.7 Å². The van der Waals surface area contributed by atoms with Crippen LogP contribution in [0.5, 0.6) is 0 Å². The van der Waals surface area contributed by atoms with Gasteiger partial charge in [-0.15, -0.1) is 0 Å². The van der Waals surface area contributed by atoms with E-state index in [2.05, 4.69) is 5.32 Å². The molecule has 1 heterocycles. The monoisotopic (exact) mass is 250 g/mol. The van der Waals surface area contributed by atoms with Crippen molar-refractivity contribution in [1.29, 1.82) is 0 Å². The van der Waals surface area contributed by atoms with Gasteiger partial charge in [0.2, 0.25) is 5.91 Å². The number of hydrogen-bond acceptors (Lipinski definition) is 5. The quantitative estimate of drug-likeness (QED) is 0.344. The summed E-state index contributed by atoms with van der Waals surface area (Å²) in [6.07, 6.45) is 0. The molecular formula is C10H10N4O4. The first kappa shape index (κ1) is 11.8. The Kier molecular flexibility index (Phi) is 2.84.